The molecule has 4 heteroatoms. The molecule has 24 heavy (non-hydrogen) atoms. The second-order valence-electron chi connectivity index (χ2n) is 6.17. The third kappa shape index (κ3) is 2.33. The summed E-state index contributed by atoms with van der Waals surface area (Å²) in [6, 6.07) is 18.1. The van der Waals surface area contributed by atoms with Gasteiger partial charge in [0.1, 0.15) is 5.84 Å². The van der Waals surface area contributed by atoms with Crippen LogP contribution in [0, 0.1) is 12.7 Å². The predicted octanol–water partition coefficient (Wildman–Crippen LogP) is 4.53. The molecule has 0 fully saturated rings. The summed E-state index contributed by atoms with van der Waals surface area (Å²) >= 11 is 0. The normalized spacial score (nSPS) is 18.0. The average Bonchev–Trinajstić information content (AvgIpc) is 3.09. The standard InChI is InChI=1S/C20H17N3.Ir/c1-2-8-15(9-3-1)23-14-22-19-13-7-6-11-17(19)16-10-4-5-12-18(16)20(22)21-23;/h4-8,10-12,14H,1-3,9H2;/q-2;. The summed E-state index contributed by atoms with van der Waals surface area (Å²) in [6.07, 6.45) is 7.12. The van der Waals surface area contributed by atoms with Crippen molar-refractivity contribution in [2.75, 3.05) is 4.90 Å². The van der Waals surface area contributed by atoms with E-state index in [0.29, 0.717) is 0 Å². The summed E-state index contributed by atoms with van der Waals surface area (Å²) in [5.74, 6) is 1.00. The third-order valence-electron chi connectivity index (χ3n) is 4.75. The number of amidine groups is 1. The van der Waals surface area contributed by atoms with Crippen molar-refractivity contribution in [3.63, 3.8) is 0 Å². The van der Waals surface area contributed by atoms with Crippen LogP contribution in [-0.4, -0.2) is 10.8 Å². The fraction of sp³-hybridized carbons (Fsp3) is 0.200. The van der Waals surface area contributed by atoms with Gasteiger partial charge in [0.2, 0.25) is 0 Å². The monoisotopic (exact) mass is 492 g/mol. The van der Waals surface area contributed by atoms with Crippen LogP contribution >= 0.6 is 0 Å². The fourth-order valence-corrected chi connectivity index (χ4v) is 3.61. The smallest absolute Gasteiger partial charge is 0.127 e. The first kappa shape index (κ1) is 15.6. The zero-order chi connectivity index (χ0) is 15.2. The molecule has 0 aromatic heterocycles. The Morgan fingerprint density at radius 2 is 1.83 bits per heavy atom. The molecule has 3 aliphatic rings. The van der Waals surface area contributed by atoms with Crippen molar-refractivity contribution in [3.05, 3.63) is 72.5 Å². The Hall–Kier alpha value is -1.90. The molecule has 1 aliphatic carbocycles. The SMILES string of the molecule is [Ir].[c-]1cccc2c1N1[CH-]N(C3=CCCCC3)N=C1c1ccccc1-2. The molecule has 123 valence electrons. The van der Waals surface area contributed by atoms with Gasteiger partial charge in [0, 0.05) is 31.4 Å². The molecule has 0 spiro atoms. The van der Waals surface area contributed by atoms with Gasteiger partial charge in [-0.15, -0.1) is 12.2 Å². The third-order valence-corrected chi connectivity index (χ3v) is 4.75. The van der Waals surface area contributed by atoms with E-state index in [1.54, 1.807) is 0 Å². The molecule has 0 unspecified atom stereocenters. The fourth-order valence-electron chi connectivity index (χ4n) is 3.61. The van der Waals surface area contributed by atoms with Crippen molar-refractivity contribution in [1.29, 1.82) is 0 Å². The number of hydrogen-bond acceptors (Lipinski definition) is 3. The second-order valence-corrected chi connectivity index (χ2v) is 6.17. The van der Waals surface area contributed by atoms with Crippen LogP contribution in [0.4, 0.5) is 5.69 Å². The topological polar surface area (TPSA) is 18.8 Å². The van der Waals surface area contributed by atoms with E-state index in [1.165, 1.54) is 35.2 Å². The van der Waals surface area contributed by atoms with Crippen molar-refractivity contribution >= 4 is 11.5 Å². The maximum atomic E-state index is 4.91. The number of allylic oxidation sites excluding steroid dienone is 2. The number of para-hydroxylation sites is 1. The van der Waals surface area contributed by atoms with E-state index in [9.17, 15) is 0 Å². The summed E-state index contributed by atoms with van der Waals surface area (Å²) in [5.41, 5.74) is 6.05. The van der Waals surface area contributed by atoms with E-state index in [-0.39, 0.29) is 20.1 Å². The Bertz CT molecular complexity index is 840. The molecule has 2 aliphatic heterocycles. The molecule has 2 aromatic carbocycles. The van der Waals surface area contributed by atoms with Crippen molar-refractivity contribution in [2.45, 2.75) is 25.7 Å². The molecule has 2 aromatic rings. The molecular formula is C20H17IrN3-2. The van der Waals surface area contributed by atoms with Gasteiger partial charge in [-0.2, -0.15) is 29.4 Å². The molecule has 0 atom stereocenters. The van der Waals surface area contributed by atoms with Crippen LogP contribution in [0.25, 0.3) is 11.1 Å². The van der Waals surface area contributed by atoms with Crippen LogP contribution in [-0.2, 0) is 20.1 Å². The van der Waals surface area contributed by atoms with E-state index < -0.39 is 0 Å². The minimum absolute atomic E-state index is 0. The van der Waals surface area contributed by atoms with Gasteiger partial charge in [-0.1, -0.05) is 41.6 Å². The first-order valence-electron chi connectivity index (χ1n) is 8.23. The van der Waals surface area contributed by atoms with Crippen LogP contribution in [0.3, 0.4) is 0 Å². The maximum absolute atomic E-state index is 4.91. The molecular weight excluding hydrogens is 474 g/mol. The number of benzene rings is 2. The Balaban J connectivity index is 0.00000146. The minimum Gasteiger partial charge on any atom is -0.476 e. The van der Waals surface area contributed by atoms with Crippen LogP contribution in [0.15, 0.2) is 59.3 Å². The van der Waals surface area contributed by atoms with E-state index in [1.807, 2.05) is 6.07 Å². The number of rotatable bonds is 1. The number of hydrogen-bond donors (Lipinski definition) is 0. The van der Waals surface area contributed by atoms with E-state index in [2.05, 4.69) is 65.1 Å². The zero-order valence-electron chi connectivity index (χ0n) is 13.2. The Labute approximate surface area is 156 Å². The van der Waals surface area contributed by atoms with Gasteiger partial charge in [0.05, 0.1) is 0 Å². The molecule has 5 rings (SSSR count). The second kappa shape index (κ2) is 6.19. The van der Waals surface area contributed by atoms with Crippen LogP contribution in [0.1, 0.15) is 31.2 Å². The Kier molecular flexibility index (Phi) is 4.03. The van der Waals surface area contributed by atoms with Crippen molar-refractivity contribution < 1.29 is 20.1 Å². The maximum Gasteiger partial charge on any atom is 0.127 e. The quantitative estimate of drug-likeness (QED) is 0.546. The van der Waals surface area contributed by atoms with Crippen molar-refractivity contribution in [3.8, 4) is 11.1 Å². The molecule has 2 heterocycles. The molecule has 1 radical (unpaired) electrons. The average molecular weight is 492 g/mol. The Morgan fingerprint density at radius 3 is 2.67 bits per heavy atom. The summed E-state index contributed by atoms with van der Waals surface area (Å²) in [7, 11) is 0. The number of hydrazone groups is 1. The van der Waals surface area contributed by atoms with Gasteiger partial charge in [0.15, 0.2) is 0 Å². The van der Waals surface area contributed by atoms with Gasteiger partial charge in [0.25, 0.3) is 0 Å². The minimum atomic E-state index is 0. The number of nitrogens with zero attached hydrogens (tertiary/aromatic N) is 3. The Morgan fingerprint density at radius 1 is 1.00 bits per heavy atom. The van der Waals surface area contributed by atoms with E-state index in [4.69, 9.17) is 5.10 Å². The molecule has 0 N–H and O–H groups in total. The number of fused-ring (bicyclic) bond motifs is 6. The largest absolute Gasteiger partial charge is 0.476 e. The van der Waals surface area contributed by atoms with Gasteiger partial charge >= 0.3 is 0 Å². The molecule has 0 bridgehead atoms. The van der Waals surface area contributed by atoms with Crippen LogP contribution in [0.5, 0.6) is 0 Å². The van der Waals surface area contributed by atoms with Gasteiger partial charge in [-0.05, 0) is 25.7 Å². The first-order valence-corrected chi connectivity index (χ1v) is 8.23. The zero-order valence-corrected chi connectivity index (χ0v) is 15.6. The summed E-state index contributed by atoms with van der Waals surface area (Å²) < 4.78 is 0. The first-order chi connectivity index (χ1) is 11.4. The van der Waals surface area contributed by atoms with Crippen molar-refractivity contribution in [1.82, 2.24) is 5.01 Å². The number of anilines is 1. The van der Waals surface area contributed by atoms with E-state index >= 15 is 0 Å². The van der Waals surface area contributed by atoms with Crippen molar-refractivity contribution in [2.24, 2.45) is 5.10 Å². The van der Waals surface area contributed by atoms with E-state index in [0.717, 1.165) is 24.4 Å². The summed E-state index contributed by atoms with van der Waals surface area (Å²) in [5, 5.41) is 6.96. The van der Waals surface area contributed by atoms with Crippen LogP contribution in [0.2, 0.25) is 0 Å². The summed E-state index contributed by atoms with van der Waals surface area (Å²) in [6.45, 7) is 2.11. The molecule has 3 nitrogen and oxygen atoms in total. The van der Waals surface area contributed by atoms with Gasteiger partial charge in [-0.25, -0.2) is 0 Å². The van der Waals surface area contributed by atoms with Crippen LogP contribution < -0.4 is 4.90 Å². The molecule has 0 saturated heterocycles. The predicted molar refractivity (Wildman–Crippen MR) is 92.4 cm³/mol. The summed E-state index contributed by atoms with van der Waals surface area (Å²) in [4.78, 5) is 2.17. The molecule has 0 amide bonds. The molecule has 0 saturated carbocycles. The van der Waals surface area contributed by atoms with Gasteiger partial charge < -0.3 is 9.91 Å². The van der Waals surface area contributed by atoms with Gasteiger partial charge in [-0.3, -0.25) is 0 Å².